The minimum absolute atomic E-state index is 0.0312. The van der Waals surface area contributed by atoms with Gasteiger partial charge in [0.25, 0.3) is 0 Å². The van der Waals surface area contributed by atoms with E-state index in [-0.39, 0.29) is 5.91 Å². The van der Waals surface area contributed by atoms with Gasteiger partial charge in [0.2, 0.25) is 5.91 Å². The summed E-state index contributed by atoms with van der Waals surface area (Å²) in [6.07, 6.45) is 3.08. The molecule has 1 aromatic carbocycles. The third kappa shape index (κ3) is 2.63. The standard InChI is InChI=1S/C17H19ClN2O2/c1-11-7-17(8-11,13-4-3-5-14(18)6-13)16(21)19-9-15-12(2)20-10-22-15/h3-6,10-11H,7-9H2,1-2H3,(H,19,21). The molecule has 1 amide bonds. The second-order valence-corrected chi connectivity index (χ2v) is 6.59. The van der Waals surface area contributed by atoms with E-state index in [2.05, 4.69) is 17.2 Å². The van der Waals surface area contributed by atoms with Crippen LogP contribution in [0.4, 0.5) is 0 Å². The minimum Gasteiger partial charge on any atom is -0.446 e. The Balaban J connectivity index is 1.79. The summed E-state index contributed by atoms with van der Waals surface area (Å²) in [5.41, 5.74) is 1.32. The summed E-state index contributed by atoms with van der Waals surface area (Å²) in [5, 5.41) is 3.65. The molecule has 0 bridgehead atoms. The predicted molar refractivity (Wildman–Crippen MR) is 84.6 cm³/mol. The summed E-state index contributed by atoms with van der Waals surface area (Å²) in [6.45, 7) is 4.39. The van der Waals surface area contributed by atoms with E-state index in [4.69, 9.17) is 16.0 Å². The molecule has 5 heteroatoms. The fourth-order valence-electron chi connectivity index (χ4n) is 3.29. The Morgan fingerprint density at radius 1 is 1.50 bits per heavy atom. The summed E-state index contributed by atoms with van der Waals surface area (Å²) in [7, 11) is 0. The Labute approximate surface area is 134 Å². The molecule has 0 atom stereocenters. The van der Waals surface area contributed by atoms with Crippen LogP contribution >= 0.6 is 11.6 Å². The first-order chi connectivity index (χ1) is 10.5. The highest BCUT2D eigenvalue weighted by atomic mass is 35.5. The fourth-order valence-corrected chi connectivity index (χ4v) is 3.48. The zero-order chi connectivity index (χ0) is 15.7. The van der Waals surface area contributed by atoms with E-state index in [1.54, 1.807) is 0 Å². The molecule has 1 aliphatic carbocycles. The molecule has 3 rings (SSSR count). The average Bonchev–Trinajstić information content (AvgIpc) is 2.86. The predicted octanol–water partition coefficient (Wildman–Crippen LogP) is 3.62. The molecule has 0 aliphatic heterocycles. The summed E-state index contributed by atoms with van der Waals surface area (Å²) in [5.74, 6) is 1.27. The third-order valence-electron chi connectivity index (χ3n) is 4.46. The quantitative estimate of drug-likeness (QED) is 0.936. The van der Waals surface area contributed by atoms with Gasteiger partial charge in [-0.25, -0.2) is 4.98 Å². The van der Waals surface area contributed by atoms with Crippen molar-refractivity contribution < 1.29 is 9.21 Å². The zero-order valence-corrected chi connectivity index (χ0v) is 13.5. The van der Waals surface area contributed by atoms with Crippen LogP contribution in [0, 0.1) is 12.8 Å². The molecule has 2 aromatic rings. The SMILES string of the molecule is Cc1ncoc1CNC(=O)C1(c2cccc(Cl)c2)CC(C)C1. The van der Waals surface area contributed by atoms with E-state index in [1.165, 1.54) is 6.39 Å². The molecule has 0 unspecified atom stereocenters. The third-order valence-corrected chi connectivity index (χ3v) is 4.70. The van der Waals surface area contributed by atoms with Crippen molar-refractivity contribution in [1.82, 2.24) is 10.3 Å². The molecule has 1 fully saturated rings. The van der Waals surface area contributed by atoms with Gasteiger partial charge in [0, 0.05) is 5.02 Å². The highest BCUT2D eigenvalue weighted by Crippen LogP contribution is 2.48. The molecule has 0 spiro atoms. The molecule has 1 aromatic heterocycles. The lowest BCUT2D eigenvalue weighted by Gasteiger charge is -2.45. The van der Waals surface area contributed by atoms with Gasteiger partial charge in [-0.15, -0.1) is 0 Å². The number of aromatic nitrogens is 1. The molecule has 0 radical (unpaired) electrons. The number of halogens is 1. The maximum Gasteiger partial charge on any atom is 0.231 e. The van der Waals surface area contributed by atoms with Gasteiger partial charge in [-0.05, 0) is 43.4 Å². The maximum atomic E-state index is 12.8. The number of nitrogens with zero attached hydrogens (tertiary/aromatic N) is 1. The Hall–Kier alpha value is -1.81. The lowest BCUT2D eigenvalue weighted by Crippen LogP contribution is -2.52. The van der Waals surface area contributed by atoms with Crippen molar-refractivity contribution in [3.63, 3.8) is 0 Å². The first-order valence-electron chi connectivity index (χ1n) is 7.44. The number of oxazole rings is 1. The highest BCUT2D eigenvalue weighted by molar-refractivity contribution is 6.30. The molecular formula is C17H19ClN2O2. The smallest absolute Gasteiger partial charge is 0.231 e. The van der Waals surface area contributed by atoms with Crippen LogP contribution in [0.2, 0.25) is 5.02 Å². The van der Waals surface area contributed by atoms with E-state index in [0.717, 1.165) is 24.1 Å². The summed E-state index contributed by atoms with van der Waals surface area (Å²) < 4.78 is 5.28. The molecule has 1 aliphatic rings. The number of hydrogen-bond acceptors (Lipinski definition) is 3. The van der Waals surface area contributed by atoms with Crippen LogP contribution in [-0.2, 0) is 16.8 Å². The molecule has 1 saturated carbocycles. The molecule has 22 heavy (non-hydrogen) atoms. The fraction of sp³-hybridized carbons (Fsp3) is 0.412. The monoisotopic (exact) mass is 318 g/mol. The van der Waals surface area contributed by atoms with Crippen LogP contribution < -0.4 is 5.32 Å². The number of nitrogens with one attached hydrogen (secondary N) is 1. The van der Waals surface area contributed by atoms with Gasteiger partial charge < -0.3 is 9.73 Å². The van der Waals surface area contributed by atoms with Gasteiger partial charge in [0.05, 0.1) is 17.7 Å². The largest absolute Gasteiger partial charge is 0.446 e. The molecular weight excluding hydrogens is 300 g/mol. The van der Waals surface area contributed by atoms with Crippen LogP contribution in [0.15, 0.2) is 35.1 Å². The molecule has 1 heterocycles. The minimum atomic E-state index is -0.474. The first kappa shape index (κ1) is 15.1. The van der Waals surface area contributed by atoms with Crippen LogP contribution in [0.5, 0.6) is 0 Å². The van der Waals surface area contributed by atoms with E-state index >= 15 is 0 Å². The Morgan fingerprint density at radius 3 is 2.86 bits per heavy atom. The molecule has 4 nitrogen and oxygen atoms in total. The number of carbonyl (C=O) groups excluding carboxylic acids is 1. The summed E-state index contributed by atoms with van der Waals surface area (Å²) in [4.78, 5) is 16.8. The van der Waals surface area contributed by atoms with Crippen LogP contribution in [0.25, 0.3) is 0 Å². The molecule has 116 valence electrons. The van der Waals surface area contributed by atoms with Crippen molar-refractivity contribution in [2.45, 2.75) is 38.6 Å². The summed E-state index contributed by atoms with van der Waals surface area (Å²) in [6, 6.07) is 7.61. The van der Waals surface area contributed by atoms with Gasteiger partial charge in [0.15, 0.2) is 6.39 Å². The van der Waals surface area contributed by atoms with Crippen LogP contribution in [0.1, 0.15) is 36.8 Å². The number of carbonyl (C=O) groups is 1. The van der Waals surface area contributed by atoms with Gasteiger partial charge >= 0.3 is 0 Å². The topological polar surface area (TPSA) is 55.1 Å². The second-order valence-electron chi connectivity index (χ2n) is 6.15. The van der Waals surface area contributed by atoms with Gasteiger partial charge in [0.1, 0.15) is 5.76 Å². The van der Waals surface area contributed by atoms with Crippen molar-refractivity contribution in [3.8, 4) is 0 Å². The Kier molecular flexibility index (Phi) is 3.96. The maximum absolute atomic E-state index is 12.8. The van der Waals surface area contributed by atoms with E-state index in [0.29, 0.717) is 23.2 Å². The van der Waals surface area contributed by atoms with Gasteiger partial charge in [-0.3, -0.25) is 4.79 Å². The zero-order valence-electron chi connectivity index (χ0n) is 12.7. The summed E-state index contributed by atoms with van der Waals surface area (Å²) >= 11 is 6.10. The Bertz CT molecular complexity index is 689. The van der Waals surface area contributed by atoms with Crippen molar-refractivity contribution in [2.24, 2.45) is 5.92 Å². The van der Waals surface area contributed by atoms with Crippen LogP contribution in [-0.4, -0.2) is 10.9 Å². The highest BCUT2D eigenvalue weighted by Gasteiger charge is 2.49. The van der Waals surface area contributed by atoms with Crippen molar-refractivity contribution in [1.29, 1.82) is 0 Å². The molecule has 1 N–H and O–H groups in total. The van der Waals surface area contributed by atoms with E-state index in [9.17, 15) is 4.79 Å². The number of rotatable bonds is 4. The second kappa shape index (κ2) is 5.76. The number of hydrogen-bond donors (Lipinski definition) is 1. The van der Waals surface area contributed by atoms with Crippen molar-refractivity contribution >= 4 is 17.5 Å². The Morgan fingerprint density at radius 2 is 2.27 bits per heavy atom. The van der Waals surface area contributed by atoms with Crippen molar-refractivity contribution in [3.05, 3.63) is 52.7 Å². The van der Waals surface area contributed by atoms with E-state index < -0.39 is 5.41 Å². The van der Waals surface area contributed by atoms with Crippen LogP contribution in [0.3, 0.4) is 0 Å². The van der Waals surface area contributed by atoms with Gasteiger partial charge in [-0.1, -0.05) is 30.7 Å². The number of aryl methyl sites for hydroxylation is 1. The lowest BCUT2D eigenvalue weighted by molar-refractivity contribution is -0.132. The lowest BCUT2D eigenvalue weighted by atomic mass is 9.58. The van der Waals surface area contributed by atoms with E-state index in [1.807, 2.05) is 31.2 Å². The average molecular weight is 319 g/mol. The molecule has 0 saturated heterocycles. The number of benzene rings is 1. The van der Waals surface area contributed by atoms with Crippen molar-refractivity contribution in [2.75, 3.05) is 0 Å². The number of amides is 1. The first-order valence-corrected chi connectivity index (χ1v) is 7.82. The van der Waals surface area contributed by atoms with Gasteiger partial charge in [-0.2, -0.15) is 0 Å². The normalized spacial score (nSPS) is 23.9.